The molecule has 0 rings (SSSR count). The lowest BCUT2D eigenvalue weighted by Crippen LogP contribution is -2.39. The molecule has 0 fully saturated rings. The molecular formula is C14H31N3O3S. The molecule has 0 saturated heterocycles. The number of guanidine groups is 1. The lowest BCUT2D eigenvalue weighted by molar-refractivity contribution is 0.154. The van der Waals surface area contributed by atoms with Gasteiger partial charge in [-0.1, -0.05) is 13.8 Å². The monoisotopic (exact) mass is 321 g/mol. The van der Waals surface area contributed by atoms with Gasteiger partial charge in [-0.2, -0.15) is 0 Å². The van der Waals surface area contributed by atoms with Gasteiger partial charge in [-0.15, -0.1) is 0 Å². The smallest absolute Gasteiger partial charge is 0.191 e. The second kappa shape index (κ2) is 11.8. The number of hydrogen-bond acceptors (Lipinski definition) is 4. The van der Waals surface area contributed by atoms with Crippen molar-refractivity contribution in [1.29, 1.82) is 0 Å². The predicted octanol–water partition coefficient (Wildman–Crippen LogP) is 1.04. The summed E-state index contributed by atoms with van der Waals surface area (Å²) in [6, 6.07) is 0. The first-order valence-corrected chi connectivity index (χ1v) is 9.69. The van der Waals surface area contributed by atoms with Gasteiger partial charge in [0.1, 0.15) is 9.84 Å². The molecule has 126 valence electrons. The van der Waals surface area contributed by atoms with E-state index in [-0.39, 0.29) is 12.4 Å². The van der Waals surface area contributed by atoms with Crippen LogP contribution in [-0.2, 0) is 14.6 Å². The average Bonchev–Trinajstić information content (AvgIpc) is 2.36. The topological polar surface area (TPSA) is 79.8 Å². The molecule has 6 nitrogen and oxygen atoms in total. The Hall–Kier alpha value is -0.820. The fourth-order valence-electron chi connectivity index (χ4n) is 1.59. The first-order valence-electron chi connectivity index (χ1n) is 7.62. The van der Waals surface area contributed by atoms with Crippen LogP contribution in [0.3, 0.4) is 0 Å². The number of nitrogens with zero attached hydrogens (tertiary/aromatic N) is 1. The minimum Gasteiger partial charge on any atom is -0.379 e. The second-order valence-corrected chi connectivity index (χ2v) is 7.73. The van der Waals surface area contributed by atoms with E-state index in [1.54, 1.807) is 0 Å². The van der Waals surface area contributed by atoms with Crippen LogP contribution in [-0.4, -0.2) is 59.2 Å². The van der Waals surface area contributed by atoms with Crippen molar-refractivity contribution in [2.45, 2.75) is 33.6 Å². The van der Waals surface area contributed by atoms with Crippen molar-refractivity contribution in [3.8, 4) is 0 Å². The zero-order valence-electron chi connectivity index (χ0n) is 13.8. The van der Waals surface area contributed by atoms with Crippen LogP contribution >= 0.6 is 0 Å². The number of rotatable bonds is 11. The third kappa shape index (κ3) is 15.4. The van der Waals surface area contributed by atoms with Gasteiger partial charge in [-0.3, -0.25) is 4.99 Å². The zero-order chi connectivity index (χ0) is 16.1. The van der Waals surface area contributed by atoms with Crippen LogP contribution in [0.5, 0.6) is 0 Å². The Bertz CT molecular complexity index is 381. The molecule has 7 heteroatoms. The van der Waals surface area contributed by atoms with Crippen LogP contribution in [0.25, 0.3) is 0 Å². The summed E-state index contributed by atoms with van der Waals surface area (Å²) in [4.78, 5) is 4.49. The third-order valence-electron chi connectivity index (χ3n) is 2.69. The van der Waals surface area contributed by atoms with Crippen LogP contribution in [0.2, 0.25) is 0 Å². The Balaban J connectivity index is 3.80. The van der Waals surface area contributed by atoms with Crippen molar-refractivity contribution in [1.82, 2.24) is 10.6 Å². The Morgan fingerprint density at radius 2 is 1.95 bits per heavy atom. The van der Waals surface area contributed by atoms with Crippen molar-refractivity contribution in [2.24, 2.45) is 10.9 Å². The molecule has 0 aromatic heterocycles. The fourth-order valence-corrected chi connectivity index (χ4v) is 2.01. The molecule has 0 atom stereocenters. The molecule has 0 aliphatic rings. The Kier molecular flexibility index (Phi) is 11.3. The van der Waals surface area contributed by atoms with Crippen molar-refractivity contribution < 1.29 is 13.2 Å². The number of ether oxygens (including phenoxy) is 1. The van der Waals surface area contributed by atoms with Gasteiger partial charge in [0.05, 0.1) is 19.0 Å². The van der Waals surface area contributed by atoms with Gasteiger partial charge in [-0.05, 0) is 25.7 Å². The number of aliphatic imine (C=N–C) groups is 1. The molecule has 0 unspecified atom stereocenters. The van der Waals surface area contributed by atoms with Gasteiger partial charge in [-0.25, -0.2) is 8.42 Å². The van der Waals surface area contributed by atoms with Crippen LogP contribution in [0, 0.1) is 5.92 Å². The van der Waals surface area contributed by atoms with Crippen LogP contribution < -0.4 is 10.6 Å². The molecule has 0 radical (unpaired) electrons. The highest BCUT2D eigenvalue weighted by atomic mass is 32.2. The van der Waals surface area contributed by atoms with E-state index in [4.69, 9.17) is 4.74 Å². The van der Waals surface area contributed by atoms with Crippen molar-refractivity contribution in [2.75, 3.05) is 44.9 Å². The summed E-state index contributed by atoms with van der Waals surface area (Å²) in [5.74, 6) is 1.56. The van der Waals surface area contributed by atoms with Gasteiger partial charge in [0.15, 0.2) is 5.96 Å². The molecule has 0 aromatic carbocycles. The van der Waals surface area contributed by atoms with Crippen molar-refractivity contribution in [3.63, 3.8) is 0 Å². The van der Waals surface area contributed by atoms with E-state index in [1.807, 2.05) is 6.92 Å². The first-order chi connectivity index (χ1) is 9.85. The number of nitrogens with one attached hydrogen (secondary N) is 2. The third-order valence-corrected chi connectivity index (χ3v) is 3.60. The molecule has 0 aromatic rings. The maximum Gasteiger partial charge on any atom is 0.191 e. The van der Waals surface area contributed by atoms with Gasteiger partial charge < -0.3 is 15.4 Å². The Morgan fingerprint density at radius 3 is 2.52 bits per heavy atom. The van der Waals surface area contributed by atoms with E-state index in [1.165, 1.54) is 12.7 Å². The minimum atomic E-state index is -2.94. The van der Waals surface area contributed by atoms with Crippen molar-refractivity contribution in [3.05, 3.63) is 0 Å². The molecule has 0 amide bonds. The van der Waals surface area contributed by atoms with Crippen LogP contribution in [0.4, 0.5) is 0 Å². The molecule has 0 aliphatic heterocycles. The quantitative estimate of drug-likeness (QED) is 0.338. The van der Waals surface area contributed by atoms with Gasteiger partial charge >= 0.3 is 0 Å². The van der Waals surface area contributed by atoms with E-state index in [9.17, 15) is 8.42 Å². The van der Waals surface area contributed by atoms with E-state index in [0.717, 1.165) is 25.5 Å². The standard InChI is InChI=1S/C14H31N3O3S/c1-5-15-14(16-8-6-7-13(2)3)17-9-10-20-11-12-21(4,18)19/h13H,5-12H2,1-4H3,(H2,15,16,17). The van der Waals surface area contributed by atoms with Crippen molar-refractivity contribution >= 4 is 15.8 Å². The van der Waals surface area contributed by atoms with E-state index in [2.05, 4.69) is 29.5 Å². The predicted molar refractivity (Wildman–Crippen MR) is 88.6 cm³/mol. The molecule has 0 saturated carbocycles. The molecule has 0 spiro atoms. The van der Waals surface area contributed by atoms with E-state index < -0.39 is 9.84 Å². The normalized spacial score (nSPS) is 12.7. The van der Waals surface area contributed by atoms with Crippen LogP contribution in [0.15, 0.2) is 4.99 Å². The highest BCUT2D eigenvalue weighted by Gasteiger charge is 2.01. The SMILES string of the molecule is CCNC(=NCCCC(C)C)NCCOCCS(C)(=O)=O. The largest absolute Gasteiger partial charge is 0.379 e. The number of hydrogen-bond donors (Lipinski definition) is 2. The summed E-state index contributed by atoms with van der Waals surface area (Å²) >= 11 is 0. The molecule has 21 heavy (non-hydrogen) atoms. The molecule has 2 N–H and O–H groups in total. The lowest BCUT2D eigenvalue weighted by Gasteiger charge is -2.11. The zero-order valence-corrected chi connectivity index (χ0v) is 14.6. The summed E-state index contributed by atoms with van der Waals surface area (Å²) in [6.45, 7) is 9.37. The summed E-state index contributed by atoms with van der Waals surface area (Å²) in [7, 11) is -2.94. The highest BCUT2D eigenvalue weighted by molar-refractivity contribution is 7.90. The molecule has 0 heterocycles. The summed E-state index contributed by atoms with van der Waals surface area (Å²) in [5.41, 5.74) is 0. The molecular weight excluding hydrogens is 290 g/mol. The Labute approximate surface area is 129 Å². The summed E-state index contributed by atoms with van der Waals surface area (Å²) in [6.07, 6.45) is 3.47. The van der Waals surface area contributed by atoms with E-state index >= 15 is 0 Å². The fraction of sp³-hybridized carbons (Fsp3) is 0.929. The highest BCUT2D eigenvalue weighted by Crippen LogP contribution is 2.02. The molecule has 0 bridgehead atoms. The van der Waals surface area contributed by atoms with Crippen LogP contribution in [0.1, 0.15) is 33.6 Å². The summed E-state index contributed by atoms with van der Waals surface area (Å²) < 4.78 is 27.1. The maximum absolute atomic E-state index is 10.9. The maximum atomic E-state index is 10.9. The van der Waals surface area contributed by atoms with E-state index in [0.29, 0.717) is 19.1 Å². The van der Waals surface area contributed by atoms with Gasteiger partial charge in [0.25, 0.3) is 0 Å². The Morgan fingerprint density at radius 1 is 1.24 bits per heavy atom. The van der Waals surface area contributed by atoms with Gasteiger partial charge in [0, 0.05) is 25.9 Å². The minimum absolute atomic E-state index is 0.0658. The lowest BCUT2D eigenvalue weighted by atomic mass is 10.1. The number of sulfone groups is 1. The average molecular weight is 321 g/mol. The second-order valence-electron chi connectivity index (χ2n) is 5.47. The summed E-state index contributed by atoms with van der Waals surface area (Å²) in [5, 5.41) is 6.34. The molecule has 0 aliphatic carbocycles. The van der Waals surface area contributed by atoms with Gasteiger partial charge in [0.2, 0.25) is 0 Å². The first kappa shape index (κ1) is 20.2.